The molecule has 0 N–H and O–H groups in total. The summed E-state index contributed by atoms with van der Waals surface area (Å²) in [4.78, 5) is 2.28. The third-order valence-corrected chi connectivity index (χ3v) is 4.04. The summed E-state index contributed by atoms with van der Waals surface area (Å²) in [6.07, 6.45) is 3.71. The molecule has 1 saturated heterocycles. The lowest BCUT2D eigenvalue weighted by atomic mass is 10.1. The van der Waals surface area contributed by atoms with Gasteiger partial charge in [-0.25, -0.2) is 0 Å². The van der Waals surface area contributed by atoms with Crippen molar-refractivity contribution in [3.63, 3.8) is 0 Å². The molecule has 0 atom stereocenters. The molecule has 0 bridgehead atoms. The van der Waals surface area contributed by atoms with E-state index < -0.39 is 0 Å². The summed E-state index contributed by atoms with van der Waals surface area (Å²) in [7, 11) is 3.30. The molecule has 3 nitrogen and oxygen atoms in total. The van der Waals surface area contributed by atoms with Gasteiger partial charge in [-0.3, -0.25) is 0 Å². The van der Waals surface area contributed by atoms with Gasteiger partial charge in [0.15, 0.2) is 6.29 Å². The van der Waals surface area contributed by atoms with E-state index in [1.807, 2.05) is 0 Å². The van der Waals surface area contributed by atoms with Crippen LogP contribution < -0.4 is 0 Å². The van der Waals surface area contributed by atoms with Gasteiger partial charge in [0.25, 0.3) is 0 Å². The molecule has 0 aromatic rings. The maximum absolute atomic E-state index is 5.37. The molecule has 1 fully saturated rings. The summed E-state index contributed by atoms with van der Waals surface area (Å²) >= 11 is 7.01. The van der Waals surface area contributed by atoms with Gasteiger partial charge >= 0.3 is 0 Å². The number of hydrogen-bond donors (Lipinski definition) is 0. The Hall–Kier alpha value is 0.160. The number of rotatable bonds is 4. The van der Waals surface area contributed by atoms with Crippen LogP contribution in [0, 0.1) is 0 Å². The highest BCUT2D eigenvalue weighted by Crippen LogP contribution is 2.17. The molecule has 0 radical (unpaired) electrons. The Morgan fingerprint density at radius 3 is 2.40 bits per heavy atom. The van der Waals surface area contributed by atoms with Crippen LogP contribution in [0.2, 0.25) is 0 Å². The fraction of sp³-hybridized carbons (Fsp3) is 0.900. The first kappa shape index (κ1) is 13.2. The molecule has 0 spiro atoms. The minimum Gasteiger partial charge on any atom is -0.358 e. The first-order chi connectivity index (χ1) is 7.27. The molecular formula is C10H19NO2S2. The van der Waals surface area contributed by atoms with Crippen LogP contribution in [0.4, 0.5) is 0 Å². The third kappa shape index (κ3) is 4.68. The SMILES string of the molecule is COC(CSC(=S)N1CCCCC1)OC. The number of likely N-dealkylation sites (tertiary alicyclic amines) is 1. The standard InChI is InChI=1S/C10H19NO2S2/c1-12-9(13-2)8-15-10(14)11-6-4-3-5-7-11/h9H,3-8H2,1-2H3. The molecule has 1 aliphatic heterocycles. The van der Waals surface area contributed by atoms with Gasteiger partial charge in [0.1, 0.15) is 4.32 Å². The van der Waals surface area contributed by atoms with Crippen LogP contribution in [0.1, 0.15) is 19.3 Å². The summed E-state index contributed by atoms with van der Waals surface area (Å²) in [5.74, 6) is 0.766. The molecule has 15 heavy (non-hydrogen) atoms. The molecular weight excluding hydrogens is 230 g/mol. The number of hydrogen-bond acceptors (Lipinski definition) is 4. The minimum absolute atomic E-state index is 0.155. The van der Waals surface area contributed by atoms with Gasteiger partial charge in [-0.05, 0) is 19.3 Å². The van der Waals surface area contributed by atoms with Gasteiger partial charge in [-0.1, -0.05) is 24.0 Å². The predicted molar refractivity (Wildman–Crippen MR) is 68.3 cm³/mol. The second-order valence-electron chi connectivity index (χ2n) is 3.53. The fourth-order valence-electron chi connectivity index (χ4n) is 1.54. The molecule has 0 amide bonds. The lowest BCUT2D eigenvalue weighted by molar-refractivity contribution is -0.0841. The van der Waals surface area contributed by atoms with Crippen LogP contribution in [-0.4, -0.2) is 48.6 Å². The maximum atomic E-state index is 5.37. The minimum atomic E-state index is -0.155. The highest BCUT2D eigenvalue weighted by atomic mass is 32.2. The van der Waals surface area contributed by atoms with Crippen LogP contribution in [0.3, 0.4) is 0 Å². The van der Waals surface area contributed by atoms with Crippen molar-refractivity contribution in [2.75, 3.05) is 33.1 Å². The molecule has 0 saturated carbocycles. The Labute approximate surface area is 101 Å². The Bertz CT molecular complexity index is 192. The van der Waals surface area contributed by atoms with Crippen molar-refractivity contribution in [3.8, 4) is 0 Å². The smallest absolute Gasteiger partial charge is 0.166 e. The molecule has 0 aliphatic carbocycles. The molecule has 0 aromatic carbocycles. The quantitative estimate of drug-likeness (QED) is 0.560. The van der Waals surface area contributed by atoms with Crippen LogP contribution in [0.15, 0.2) is 0 Å². The summed E-state index contributed by atoms with van der Waals surface area (Å²) in [6.45, 7) is 2.22. The van der Waals surface area contributed by atoms with Crippen molar-refractivity contribution < 1.29 is 9.47 Å². The highest BCUT2D eigenvalue weighted by Gasteiger charge is 2.15. The van der Waals surface area contributed by atoms with Crippen LogP contribution in [0.5, 0.6) is 0 Å². The Kier molecular flexibility index (Phi) is 6.56. The summed E-state index contributed by atoms with van der Waals surface area (Å²) < 4.78 is 11.2. The van der Waals surface area contributed by atoms with E-state index in [0.717, 1.165) is 23.2 Å². The Morgan fingerprint density at radius 1 is 1.27 bits per heavy atom. The van der Waals surface area contributed by atoms with Gasteiger partial charge in [0.05, 0.1) is 5.75 Å². The normalized spacial score (nSPS) is 17.1. The second kappa shape index (κ2) is 7.44. The number of ether oxygens (including phenoxy) is 2. The van der Waals surface area contributed by atoms with Crippen molar-refractivity contribution in [1.82, 2.24) is 4.90 Å². The predicted octanol–water partition coefficient (Wildman–Crippen LogP) is 2.11. The van der Waals surface area contributed by atoms with Crippen molar-refractivity contribution in [1.29, 1.82) is 0 Å². The van der Waals surface area contributed by atoms with Crippen LogP contribution in [0.25, 0.3) is 0 Å². The van der Waals surface area contributed by atoms with E-state index in [4.69, 9.17) is 21.7 Å². The molecule has 1 aliphatic rings. The van der Waals surface area contributed by atoms with Crippen molar-refractivity contribution in [2.45, 2.75) is 25.6 Å². The monoisotopic (exact) mass is 249 g/mol. The second-order valence-corrected chi connectivity index (χ2v) is 5.18. The van der Waals surface area contributed by atoms with Gasteiger partial charge in [0.2, 0.25) is 0 Å². The average Bonchev–Trinajstić information content (AvgIpc) is 2.31. The van der Waals surface area contributed by atoms with Crippen molar-refractivity contribution in [2.24, 2.45) is 0 Å². The zero-order valence-electron chi connectivity index (χ0n) is 9.40. The van der Waals surface area contributed by atoms with Gasteiger partial charge in [0, 0.05) is 27.3 Å². The fourth-order valence-corrected chi connectivity index (χ4v) is 2.84. The largest absolute Gasteiger partial charge is 0.358 e. The average molecular weight is 249 g/mol. The first-order valence-electron chi connectivity index (χ1n) is 5.25. The van der Waals surface area contributed by atoms with Crippen molar-refractivity contribution in [3.05, 3.63) is 0 Å². The van der Waals surface area contributed by atoms with E-state index in [1.165, 1.54) is 19.3 Å². The molecule has 88 valence electrons. The Morgan fingerprint density at radius 2 is 1.87 bits per heavy atom. The van der Waals surface area contributed by atoms with E-state index >= 15 is 0 Å². The van der Waals surface area contributed by atoms with E-state index in [1.54, 1.807) is 26.0 Å². The number of thioether (sulfide) groups is 1. The molecule has 1 heterocycles. The van der Waals surface area contributed by atoms with Gasteiger partial charge in [-0.15, -0.1) is 0 Å². The van der Waals surface area contributed by atoms with Crippen molar-refractivity contribution >= 4 is 28.3 Å². The van der Waals surface area contributed by atoms with E-state index in [0.29, 0.717) is 0 Å². The molecule has 0 aromatic heterocycles. The number of piperidine rings is 1. The number of nitrogens with zero attached hydrogens (tertiary/aromatic N) is 1. The van der Waals surface area contributed by atoms with E-state index in [2.05, 4.69) is 4.90 Å². The van der Waals surface area contributed by atoms with Crippen LogP contribution in [-0.2, 0) is 9.47 Å². The summed E-state index contributed by atoms with van der Waals surface area (Å²) in [6, 6.07) is 0. The molecule has 5 heteroatoms. The lowest BCUT2D eigenvalue weighted by Gasteiger charge is -2.28. The van der Waals surface area contributed by atoms with E-state index in [9.17, 15) is 0 Å². The Balaban J connectivity index is 2.22. The summed E-state index contributed by atoms with van der Waals surface area (Å²) in [5, 5.41) is 0. The summed E-state index contributed by atoms with van der Waals surface area (Å²) in [5.41, 5.74) is 0. The zero-order chi connectivity index (χ0) is 11.1. The number of methoxy groups -OCH3 is 2. The first-order valence-corrected chi connectivity index (χ1v) is 6.64. The highest BCUT2D eigenvalue weighted by molar-refractivity contribution is 8.22. The molecule has 1 rings (SSSR count). The third-order valence-electron chi connectivity index (χ3n) is 2.48. The molecule has 0 unspecified atom stereocenters. The van der Waals surface area contributed by atoms with Crippen LogP contribution >= 0.6 is 24.0 Å². The van der Waals surface area contributed by atoms with Gasteiger partial charge in [-0.2, -0.15) is 0 Å². The van der Waals surface area contributed by atoms with E-state index in [-0.39, 0.29) is 6.29 Å². The lowest BCUT2D eigenvalue weighted by Crippen LogP contribution is -2.33. The maximum Gasteiger partial charge on any atom is 0.166 e. The topological polar surface area (TPSA) is 21.7 Å². The number of thiocarbonyl (C=S) groups is 1. The zero-order valence-corrected chi connectivity index (χ0v) is 11.0. The van der Waals surface area contributed by atoms with Gasteiger partial charge < -0.3 is 14.4 Å².